The lowest BCUT2D eigenvalue weighted by Crippen LogP contribution is -2.51. The number of piperazine rings is 1. The number of carbonyl (C=O) groups excluding carboxylic acids is 2. The van der Waals surface area contributed by atoms with Gasteiger partial charge < -0.3 is 15.1 Å². The molecule has 0 radical (unpaired) electrons. The third-order valence-corrected chi connectivity index (χ3v) is 5.45. The van der Waals surface area contributed by atoms with E-state index < -0.39 is 0 Å². The van der Waals surface area contributed by atoms with Crippen LogP contribution in [0.4, 0.5) is 10.5 Å². The van der Waals surface area contributed by atoms with Crippen LogP contribution >= 0.6 is 0 Å². The van der Waals surface area contributed by atoms with Crippen molar-refractivity contribution in [2.45, 2.75) is 20.8 Å². The predicted molar refractivity (Wildman–Crippen MR) is 117 cm³/mol. The summed E-state index contributed by atoms with van der Waals surface area (Å²) in [7, 11) is 0. The fourth-order valence-electron chi connectivity index (χ4n) is 3.58. The van der Waals surface area contributed by atoms with Crippen molar-refractivity contribution >= 4 is 28.7 Å². The molecule has 0 aliphatic carbocycles. The number of rotatable bonds is 2. The number of anilines is 1. The zero-order chi connectivity index (χ0) is 21.3. The van der Waals surface area contributed by atoms with Gasteiger partial charge in [0.15, 0.2) is 0 Å². The molecule has 4 rings (SSSR count). The SMILES string of the molecule is Cc1cccc(NC(=O)N2CCN(C(=O)c3ccc4nc(C)c(C)nc4c3)CC2)c1. The van der Waals surface area contributed by atoms with Gasteiger partial charge in [-0.25, -0.2) is 14.8 Å². The Morgan fingerprint density at radius 1 is 0.833 bits per heavy atom. The minimum Gasteiger partial charge on any atom is -0.335 e. The number of hydrogen-bond acceptors (Lipinski definition) is 4. The average Bonchev–Trinajstić information content (AvgIpc) is 2.74. The van der Waals surface area contributed by atoms with Crippen LogP contribution in [0.1, 0.15) is 27.3 Å². The maximum Gasteiger partial charge on any atom is 0.321 e. The first-order chi connectivity index (χ1) is 14.4. The Labute approximate surface area is 175 Å². The second-order valence-electron chi connectivity index (χ2n) is 7.68. The van der Waals surface area contributed by atoms with Gasteiger partial charge in [0.2, 0.25) is 0 Å². The molecule has 0 unspecified atom stereocenters. The number of aryl methyl sites for hydroxylation is 3. The minimum atomic E-state index is -0.139. The molecule has 7 nitrogen and oxygen atoms in total. The summed E-state index contributed by atoms with van der Waals surface area (Å²) in [6.45, 7) is 7.81. The van der Waals surface area contributed by atoms with E-state index in [2.05, 4.69) is 15.3 Å². The van der Waals surface area contributed by atoms with Gasteiger partial charge in [-0.2, -0.15) is 0 Å². The highest BCUT2D eigenvalue weighted by Crippen LogP contribution is 2.17. The van der Waals surface area contributed by atoms with Crippen molar-refractivity contribution < 1.29 is 9.59 Å². The first-order valence-electron chi connectivity index (χ1n) is 10.1. The number of aromatic nitrogens is 2. The molecule has 0 spiro atoms. The van der Waals surface area contributed by atoms with Crippen LogP contribution in [0.15, 0.2) is 42.5 Å². The molecular weight excluding hydrogens is 378 g/mol. The Hall–Kier alpha value is -3.48. The van der Waals surface area contributed by atoms with Gasteiger partial charge in [0.05, 0.1) is 22.4 Å². The normalized spacial score (nSPS) is 14.1. The third-order valence-electron chi connectivity index (χ3n) is 5.45. The van der Waals surface area contributed by atoms with E-state index in [-0.39, 0.29) is 11.9 Å². The predicted octanol–water partition coefficient (Wildman–Crippen LogP) is 3.54. The molecule has 1 fully saturated rings. The van der Waals surface area contributed by atoms with E-state index in [1.54, 1.807) is 21.9 Å². The van der Waals surface area contributed by atoms with Gasteiger partial charge in [-0.05, 0) is 56.7 Å². The van der Waals surface area contributed by atoms with Gasteiger partial charge in [-0.15, -0.1) is 0 Å². The van der Waals surface area contributed by atoms with E-state index in [1.807, 2.05) is 51.1 Å². The number of amides is 3. The standard InChI is InChI=1S/C23H25N5O2/c1-15-5-4-6-19(13-15)26-23(30)28-11-9-27(10-12-28)22(29)18-7-8-20-21(14-18)25-17(3)16(2)24-20/h4-8,13-14H,9-12H2,1-3H3,(H,26,30). The molecule has 1 aliphatic rings. The molecule has 7 heteroatoms. The Kier molecular flexibility index (Phi) is 5.35. The third kappa shape index (κ3) is 4.10. The van der Waals surface area contributed by atoms with Crippen LogP contribution in [-0.2, 0) is 0 Å². The lowest BCUT2D eigenvalue weighted by molar-refractivity contribution is 0.0672. The van der Waals surface area contributed by atoms with Crippen molar-refractivity contribution in [2.75, 3.05) is 31.5 Å². The number of urea groups is 1. The van der Waals surface area contributed by atoms with E-state index in [0.717, 1.165) is 33.7 Å². The van der Waals surface area contributed by atoms with E-state index in [4.69, 9.17) is 0 Å². The van der Waals surface area contributed by atoms with Gasteiger partial charge >= 0.3 is 6.03 Å². The molecule has 0 bridgehead atoms. The highest BCUT2D eigenvalue weighted by molar-refractivity contribution is 5.97. The van der Waals surface area contributed by atoms with Crippen LogP contribution in [0, 0.1) is 20.8 Å². The molecule has 0 atom stereocenters. The lowest BCUT2D eigenvalue weighted by atomic mass is 10.1. The Morgan fingerprint density at radius 2 is 1.50 bits per heavy atom. The molecule has 2 aromatic carbocycles. The van der Waals surface area contributed by atoms with Crippen LogP contribution in [0.3, 0.4) is 0 Å². The summed E-state index contributed by atoms with van der Waals surface area (Å²) in [4.78, 5) is 38.1. The maximum atomic E-state index is 13.0. The number of hydrogen-bond donors (Lipinski definition) is 1. The molecule has 3 amide bonds. The van der Waals surface area contributed by atoms with Crippen LogP contribution in [0.2, 0.25) is 0 Å². The summed E-state index contributed by atoms with van der Waals surface area (Å²) in [6, 6.07) is 13.0. The molecule has 1 aromatic heterocycles. The van der Waals surface area contributed by atoms with Crippen molar-refractivity contribution in [3.8, 4) is 0 Å². The fourth-order valence-corrected chi connectivity index (χ4v) is 3.58. The Morgan fingerprint density at radius 3 is 2.20 bits per heavy atom. The monoisotopic (exact) mass is 403 g/mol. The molecule has 0 saturated carbocycles. The minimum absolute atomic E-state index is 0.0457. The summed E-state index contributed by atoms with van der Waals surface area (Å²) in [5, 5.41) is 2.93. The van der Waals surface area contributed by atoms with Crippen molar-refractivity contribution in [1.82, 2.24) is 19.8 Å². The molecule has 30 heavy (non-hydrogen) atoms. The lowest BCUT2D eigenvalue weighted by Gasteiger charge is -2.34. The molecule has 3 aromatic rings. The quantitative estimate of drug-likeness (QED) is 0.710. The fraction of sp³-hybridized carbons (Fsp3) is 0.304. The first kappa shape index (κ1) is 19.8. The zero-order valence-corrected chi connectivity index (χ0v) is 17.5. The summed E-state index contributed by atoms with van der Waals surface area (Å²) < 4.78 is 0. The van der Waals surface area contributed by atoms with Gasteiger partial charge in [0.25, 0.3) is 5.91 Å². The van der Waals surface area contributed by atoms with Crippen LogP contribution in [-0.4, -0.2) is 57.9 Å². The highest BCUT2D eigenvalue weighted by Gasteiger charge is 2.25. The van der Waals surface area contributed by atoms with Gasteiger partial charge in [-0.1, -0.05) is 12.1 Å². The maximum absolute atomic E-state index is 13.0. The van der Waals surface area contributed by atoms with E-state index in [9.17, 15) is 9.59 Å². The molecule has 1 saturated heterocycles. The Bertz CT molecular complexity index is 1120. The number of benzene rings is 2. The van der Waals surface area contributed by atoms with Crippen molar-refractivity contribution in [1.29, 1.82) is 0 Å². The molecular formula is C23H25N5O2. The number of nitrogens with zero attached hydrogens (tertiary/aromatic N) is 4. The van der Waals surface area contributed by atoms with Crippen LogP contribution in [0.25, 0.3) is 11.0 Å². The van der Waals surface area contributed by atoms with Crippen molar-refractivity contribution in [3.63, 3.8) is 0 Å². The summed E-state index contributed by atoms with van der Waals surface area (Å²) in [5.74, 6) is -0.0457. The zero-order valence-electron chi connectivity index (χ0n) is 17.5. The summed E-state index contributed by atoms with van der Waals surface area (Å²) in [5.41, 5.74) is 5.72. The summed E-state index contributed by atoms with van der Waals surface area (Å²) >= 11 is 0. The number of carbonyl (C=O) groups is 2. The number of fused-ring (bicyclic) bond motifs is 1. The van der Waals surface area contributed by atoms with Crippen LogP contribution < -0.4 is 5.32 Å². The second kappa shape index (κ2) is 8.10. The van der Waals surface area contributed by atoms with Gasteiger partial charge in [0.1, 0.15) is 0 Å². The average molecular weight is 403 g/mol. The van der Waals surface area contributed by atoms with E-state index in [0.29, 0.717) is 31.7 Å². The second-order valence-corrected chi connectivity index (χ2v) is 7.68. The molecule has 1 N–H and O–H groups in total. The Balaban J connectivity index is 1.40. The van der Waals surface area contributed by atoms with E-state index in [1.165, 1.54) is 0 Å². The van der Waals surface area contributed by atoms with Gasteiger partial charge in [0, 0.05) is 37.4 Å². The van der Waals surface area contributed by atoms with Gasteiger partial charge in [-0.3, -0.25) is 4.79 Å². The largest absolute Gasteiger partial charge is 0.335 e. The number of nitrogens with one attached hydrogen (secondary N) is 1. The molecule has 154 valence electrons. The van der Waals surface area contributed by atoms with Crippen LogP contribution in [0.5, 0.6) is 0 Å². The highest BCUT2D eigenvalue weighted by atomic mass is 16.2. The van der Waals surface area contributed by atoms with Crippen molar-refractivity contribution in [3.05, 3.63) is 65.0 Å². The summed E-state index contributed by atoms with van der Waals surface area (Å²) in [6.07, 6.45) is 0. The first-order valence-corrected chi connectivity index (χ1v) is 10.1. The smallest absolute Gasteiger partial charge is 0.321 e. The molecule has 2 heterocycles. The van der Waals surface area contributed by atoms with E-state index >= 15 is 0 Å². The molecule has 1 aliphatic heterocycles. The van der Waals surface area contributed by atoms with Crippen molar-refractivity contribution in [2.24, 2.45) is 0 Å². The topological polar surface area (TPSA) is 78.4 Å².